The average Bonchev–Trinajstić information content (AvgIpc) is 2.55. The summed E-state index contributed by atoms with van der Waals surface area (Å²) >= 11 is 3.29. The first-order chi connectivity index (χ1) is 11.4. The molecule has 0 saturated carbocycles. The van der Waals surface area contributed by atoms with Gasteiger partial charge in [-0.2, -0.15) is 0 Å². The number of amides is 1. The molecule has 0 spiro atoms. The summed E-state index contributed by atoms with van der Waals surface area (Å²) in [7, 11) is 3.30. The number of methoxy groups -OCH3 is 1. The Hall–Kier alpha value is -2.14. The zero-order valence-electron chi connectivity index (χ0n) is 13.8. The number of rotatable bonds is 5. The Balaban J connectivity index is 2.11. The van der Waals surface area contributed by atoms with E-state index < -0.39 is 0 Å². The van der Waals surface area contributed by atoms with Gasteiger partial charge in [0.25, 0.3) is 0 Å². The van der Waals surface area contributed by atoms with Crippen LogP contribution in [0.1, 0.15) is 16.7 Å². The van der Waals surface area contributed by atoms with Crippen LogP contribution in [0.2, 0.25) is 0 Å². The quantitative estimate of drug-likeness (QED) is 0.698. The van der Waals surface area contributed by atoms with E-state index in [1.54, 1.807) is 31.2 Å². The van der Waals surface area contributed by atoms with Crippen LogP contribution in [-0.4, -0.2) is 25.0 Å². The highest BCUT2D eigenvalue weighted by Crippen LogP contribution is 2.21. The van der Waals surface area contributed by atoms with E-state index in [0.717, 1.165) is 21.3 Å². The summed E-state index contributed by atoms with van der Waals surface area (Å²) in [4.78, 5) is 13.8. The molecule has 0 aromatic heterocycles. The largest absolute Gasteiger partial charge is 0.496 e. The van der Waals surface area contributed by atoms with E-state index in [9.17, 15) is 9.18 Å². The number of nitrogens with zero attached hydrogens (tertiary/aromatic N) is 1. The Bertz CT molecular complexity index is 774. The first kappa shape index (κ1) is 18.2. The molecule has 0 aliphatic rings. The van der Waals surface area contributed by atoms with Crippen molar-refractivity contribution in [1.82, 2.24) is 4.90 Å². The predicted octanol–water partition coefficient (Wildman–Crippen LogP) is 4.58. The maximum atomic E-state index is 13.7. The number of halogens is 2. The summed E-state index contributed by atoms with van der Waals surface area (Å²) in [6.45, 7) is 2.40. The van der Waals surface area contributed by atoms with E-state index in [1.807, 2.05) is 25.1 Å². The Morgan fingerprint density at radius 3 is 2.75 bits per heavy atom. The molecule has 126 valence electrons. The summed E-state index contributed by atoms with van der Waals surface area (Å²) in [5.41, 5.74) is 2.38. The van der Waals surface area contributed by atoms with Gasteiger partial charge in [0, 0.05) is 35.3 Å². The van der Waals surface area contributed by atoms with E-state index >= 15 is 0 Å². The molecular formula is C19H19BrFNO2. The molecule has 0 fully saturated rings. The van der Waals surface area contributed by atoms with Gasteiger partial charge in [0.05, 0.1) is 7.11 Å². The van der Waals surface area contributed by atoms with Crippen LogP contribution in [0, 0.1) is 12.7 Å². The number of likely N-dealkylation sites (N-methyl/N-ethyl adjacent to an activating group) is 1. The second-order valence-electron chi connectivity index (χ2n) is 5.51. The van der Waals surface area contributed by atoms with E-state index in [-0.39, 0.29) is 11.7 Å². The fraction of sp³-hybridized carbons (Fsp3) is 0.211. The van der Waals surface area contributed by atoms with Gasteiger partial charge in [-0.1, -0.05) is 33.6 Å². The van der Waals surface area contributed by atoms with Gasteiger partial charge in [-0.25, -0.2) is 4.39 Å². The van der Waals surface area contributed by atoms with Crippen molar-refractivity contribution in [2.24, 2.45) is 0 Å². The van der Waals surface area contributed by atoms with Crippen molar-refractivity contribution in [1.29, 1.82) is 0 Å². The Morgan fingerprint density at radius 1 is 1.29 bits per heavy atom. The van der Waals surface area contributed by atoms with Crippen molar-refractivity contribution < 1.29 is 13.9 Å². The molecule has 0 N–H and O–H groups in total. The molecule has 2 aromatic carbocycles. The van der Waals surface area contributed by atoms with E-state index in [0.29, 0.717) is 12.1 Å². The molecule has 0 heterocycles. The van der Waals surface area contributed by atoms with Crippen LogP contribution < -0.4 is 4.74 Å². The lowest BCUT2D eigenvalue weighted by Gasteiger charge is -2.17. The first-order valence-electron chi connectivity index (χ1n) is 7.42. The molecule has 0 aliphatic heterocycles. The minimum absolute atomic E-state index is 0.210. The Labute approximate surface area is 149 Å². The number of carbonyl (C=O) groups is 1. The number of carbonyl (C=O) groups excluding carboxylic acids is 1. The monoisotopic (exact) mass is 391 g/mol. The van der Waals surface area contributed by atoms with Gasteiger partial charge in [0.1, 0.15) is 11.6 Å². The molecule has 0 aliphatic carbocycles. The number of hydrogen-bond acceptors (Lipinski definition) is 2. The van der Waals surface area contributed by atoms with Crippen molar-refractivity contribution in [3.63, 3.8) is 0 Å². The fourth-order valence-electron chi connectivity index (χ4n) is 2.30. The smallest absolute Gasteiger partial charge is 0.246 e. The van der Waals surface area contributed by atoms with Gasteiger partial charge >= 0.3 is 0 Å². The first-order valence-corrected chi connectivity index (χ1v) is 8.21. The highest BCUT2D eigenvalue weighted by molar-refractivity contribution is 9.10. The number of ether oxygens (including phenoxy) is 1. The van der Waals surface area contributed by atoms with Crippen molar-refractivity contribution in [3.05, 3.63) is 69.5 Å². The highest BCUT2D eigenvalue weighted by atomic mass is 79.9. The van der Waals surface area contributed by atoms with Gasteiger partial charge in [-0.3, -0.25) is 4.79 Å². The van der Waals surface area contributed by atoms with Gasteiger partial charge in [0.2, 0.25) is 5.91 Å². The third kappa shape index (κ3) is 4.68. The Kier molecular flexibility index (Phi) is 6.15. The fourth-order valence-corrected chi connectivity index (χ4v) is 2.67. The van der Waals surface area contributed by atoms with Crippen molar-refractivity contribution in [3.8, 4) is 5.75 Å². The normalized spacial score (nSPS) is 10.9. The summed E-state index contributed by atoms with van der Waals surface area (Å²) in [6.07, 6.45) is 2.85. The Morgan fingerprint density at radius 2 is 2.04 bits per heavy atom. The van der Waals surface area contributed by atoms with Crippen LogP contribution in [0.25, 0.3) is 6.08 Å². The standard InChI is InChI=1S/C19H19BrFNO2/c1-13-4-8-18(24-3)15(10-13)12-22(2)19(23)9-5-14-11-16(20)6-7-17(14)21/h4-11H,12H2,1-3H3/b9-5+. The summed E-state index contributed by atoms with van der Waals surface area (Å²) in [5.74, 6) is 0.158. The highest BCUT2D eigenvalue weighted by Gasteiger charge is 2.10. The number of benzene rings is 2. The summed E-state index contributed by atoms with van der Waals surface area (Å²) < 4.78 is 19.8. The minimum Gasteiger partial charge on any atom is -0.496 e. The van der Waals surface area contributed by atoms with Crippen LogP contribution in [0.15, 0.2) is 46.9 Å². The van der Waals surface area contributed by atoms with Gasteiger partial charge in [-0.15, -0.1) is 0 Å². The molecule has 0 bridgehead atoms. The van der Waals surface area contributed by atoms with Crippen LogP contribution in [0.4, 0.5) is 4.39 Å². The zero-order valence-corrected chi connectivity index (χ0v) is 15.4. The van der Waals surface area contributed by atoms with Crippen molar-refractivity contribution >= 4 is 27.9 Å². The second-order valence-corrected chi connectivity index (χ2v) is 6.42. The minimum atomic E-state index is -0.370. The maximum absolute atomic E-state index is 13.7. The van der Waals surface area contributed by atoms with Crippen LogP contribution >= 0.6 is 15.9 Å². The molecule has 0 atom stereocenters. The number of hydrogen-bond donors (Lipinski definition) is 0. The van der Waals surface area contributed by atoms with E-state index in [2.05, 4.69) is 15.9 Å². The summed E-state index contributed by atoms with van der Waals surface area (Å²) in [5, 5.41) is 0. The van der Waals surface area contributed by atoms with Gasteiger partial charge in [-0.05, 0) is 37.3 Å². The third-order valence-electron chi connectivity index (χ3n) is 3.58. The molecule has 2 aromatic rings. The lowest BCUT2D eigenvalue weighted by Crippen LogP contribution is -2.24. The van der Waals surface area contributed by atoms with Crippen LogP contribution in [-0.2, 0) is 11.3 Å². The molecule has 1 amide bonds. The van der Waals surface area contributed by atoms with Crippen molar-refractivity contribution in [2.45, 2.75) is 13.5 Å². The van der Waals surface area contributed by atoms with E-state index in [1.165, 1.54) is 18.2 Å². The van der Waals surface area contributed by atoms with Crippen LogP contribution in [0.5, 0.6) is 5.75 Å². The topological polar surface area (TPSA) is 29.5 Å². The molecule has 24 heavy (non-hydrogen) atoms. The molecule has 0 unspecified atom stereocenters. The van der Waals surface area contributed by atoms with Crippen LogP contribution in [0.3, 0.4) is 0 Å². The molecular weight excluding hydrogens is 373 g/mol. The summed E-state index contributed by atoms with van der Waals surface area (Å²) in [6, 6.07) is 10.4. The van der Waals surface area contributed by atoms with Gasteiger partial charge < -0.3 is 9.64 Å². The molecule has 5 heteroatoms. The van der Waals surface area contributed by atoms with Crippen molar-refractivity contribution in [2.75, 3.05) is 14.2 Å². The van der Waals surface area contributed by atoms with E-state index in [4.69, 9.17) is 4.74 Å². The SMILES string of the molecule is COc1ccc(C)cc1CN(C)C(=O)/C=C/c1cc(Br)ccc1F. The second kappa shape index (κ2) is 8.11. The average molecular weight is 392 g/mol. The lowest BCUT2D eigenvalue weighted by atomic mass is 10.1. The maximum Gasteiger partial charge on any atom is 0.246 e. The molecule has 0 saturated heterocycles. The third-order valence-corrected chi connectivity index (χ3v) is 4.08. The lowest BCUT2D eigenvalue weighted by molar-refractivity contribution is -0.125. The van der Waals surface area contributed by atoms with Gasteiger partial charge in [0.15, 0.2) is 0 Å². The molecule has 2 rings (SSSR count). The number of aryl methyl sites for hydroxylation is 1. The molecule has 0 radical (unpaired) electrons. The predicted molar refractivity (Wildman–Crippen MR) is 97.3 cm³/mol. The molecule has 3 nitrogen and oxygen atoms in total. The zero-order chi connectivity index (χ0) is 17.7.